The van der Waals surface area contributed by atoms with Gasteiger partial charge in [0.2, 0.25) is 0 Å². The second kappa shape index (κ2) is 3.29. The van der Waals surface area contributed by atoms with Crippen LogP contribution in [0.1, 0.15) is 10.5 Å². The van der Waals surface area contributed by atoms with E-state index >= 15 is 0 Å². The van der Waals surface area contributed by atoms with Gasteiger partial charge in [-0.05, 0) is 18.2 Å². The van der Waals surface area contributed by atoms with Gasteiger partial charge in [-0.1, -0.05) is 0 Å². The molecule has 0 aliphatic rings. The minimum Gasteiger partial charge on any atom is -0.508 e. The highest BCUT2D eigenvalue weighted by molar-refractivity contribution is 6.09. The van der Waals surface area contributed by atoms with E-state index in [1.165, 1.54) is 0 Å². The van der Waals surface area contributed by atoms with Crippen molar-refractivity contribution in [1.82, 2.24) is 9.13 Å². The van der Waals surface area contributed by atoms with Gasteiger partial charge in [-0.2, -0.15) is 0 Å². The van der Waals surface area contributed by atoms with Crippen molar-refractivity contribution in [3.63, 3.8) is 0 Å². The Hall–Kier alpha value is -2.43. The molecule has 0 bridgehead atoms. The molecule has 0 spiro atoms. The van der Waals surface area contributed by atoms with Crippen LogP contribution in [0, 0.1) is 0 Å². The van der Waals surface area contributed by atoms with Crippen LogP contribution >= 0.6 is 0 Å². The molecule has 0 aliphatic heterocycles. The van der Waals surface area contributed by atoms with E-state index in [4.69, 9.17) is 5.11 Å². The van der Waals surface area contributed by atoms with E-state index in [1.54, 1.807) is 35.9 Å². The van der Waals surface area contributed by atoms with Crippen LogP contribution in [0.4, 0.5) is 0 Å². The van der Waals surface area contributed by atoms with Crippen molar-refractivity contribution in [3.8, 4) is 5.75 Å². The molecule has 3 rings (SSSR count). The molecular formula is C13H12N2O3. The molecular weight excluding hydrogens is 232 g/mol. The summed E-state index contributed by atoms with van der Waals surface area (Å²) < 4.78 is 3.55. The van der Waals surface area contributed by atoms with E-state index in [0.717, 1.165) is 21.9 Å². The molecule has 18 heavy (non-hydrogen) atoms. The summed E-state index contributed by atoms with van der Waals surface area (Å²) in [5.41, 5.74) is 2.85. The van der Waals surface area contributed by atoms with Crippen LogP contribution in [0.25, 0.3) is 21.9 Å². The Morgan fingerprint density at radius 2 is 1.83 bits per heavy atom. The van der Waals surface area contributed by atoms with Crippen molar-refractivity contribution in [1.29, 1.82) is 0 Å². The molecule has 0 saturated heterocycles. The second-order valence-corrected chi connectivity index (χ2v) is 4.39. The zero-order chi connectivity index (χ0) is 13.0. The van der Waals surface area contributed by atoms with Gasteiger partial charge in [0, 0.05) is 25.5 Å². The summed E-state index contributed by atoms with van der Waals surface area (Å²) in [4.78, 5) is 11.1. The average Bonchev–Trinajstić information content (AvgIpc) is 2.78. The first-order valence-electron chi connectivity index (χ1n) is 5.51. The number of aryl methyl sites for hydroxylation is 2. The summed E-state index contributed by atoms with van der Waals surface area (Å²) in [6.07, 6.45) is 0. The Balaban J connectivity index is 2.53. The minimum absolute atomic E-state index is 0.201. The zero-order valence-corrected chi connectivity index (χ0v) is 10.0. The number of carboxylic acids is 1. The maximum absolute atomic E-state index is 11.1. The van der Waals surface area contributed by atoms with Crippen molar-refractivity contribution in [2.75, 3.05) is 0 Å². The number of benzene rings is 1. The molecule has 5 nitrogen and oxygen atoms in total. The van der Waals surface area contributed by atoms with Crippen LogP contribution in [-0.2, 0) is 14.1 Å². The standard InChI is InChI=1S/C13H12N2O3/c1-14-9-5-7(16)3-4-8(9)12-10(14)6-11(13(17)18)15(12)2/h3-6,16H,1-2H3,(H,17,18). The lowest BCUT2D eigenvalue weighted by atomic mass is 10.2. The molecule has 0 saturated carbocycles. The number of aromatic hydroxyl groups is 1. The van der Waals surface area contributed by atoms with Crippen molar-refractivity contribution in [3.05, 3.63) is 30.0 Å². The monoisotopic (exact) mass is 244 g/mol. The third-order valence-electron chi connectivity index (χ3n) is 3.39. The van der Waals surface area contributed by atoms with Crippen LogP contribution in [0.5, 0.6) is 5.75 Å². The number of carboxylic acid groups (broad SMARTS) is 1. The summed E-state index contributed by atoms with van der Waals surface area (Å²) in [5, 5.41) is 19.6. The van der Waals surface area contributed by atoms with Gasteiger partial charge >= 0.3 is 5.97 Å². The summed E-state index contributed by atoms with van der Waals surface area (Å²) in [5.74, 6) is -0.743. The Morgan fingerprint density at radius 3 is 2.50 bits per heavy atom. The number of hydrogen-bond acceptors (Lipinski definition) is 2. The van der Waals surface area contributed by atoms with Gasteiger partial charge in [-0.3, -0.25) is 0 Å². The van der Waals surface area contributed by atoms with Crippen LogP contribution in [0.3, 0.4) is 0 Å². The molecule has 0 unspecified atom stereocenters. The third-order valence-corrected chi connectivity index (χ3v) is 3.39. The highest BCUT2D eigenvalue weighted by Crippen LogP contribution is 2.32. The van der Waals surface area contributed by atoms with Crippen molar-refractivity contribution >= 4 is 27.9 Å². The lowest BCUT2D eigenvalue weighted by Crippen LogP contribution is -2.03. The Kier molecular flexibility index (Phi) is 1.96. The highest BCUT2D eigenvalue weighted by Gasteiger charge is 2.18. The number of hydrogen-bond donors (Lipinski definition) is 2. The maximum atomic E-state index is 11.1. The van der Waals surface area contributed by atoms with Crippen LogP contribution in [0.15, 0.2) is 24.3 Å². The molecule has 0 atom stereocenters. The molecule has 0 aliphatic carbocycles. The second-order valence-electron chi connectivity index (χ2n) is 4.39. The molecule has 0 fully saturated rings. The molecule has 5 heteroatoms. The number of aromatic carboxylic acids is 1. The number of fused-ring (bicyclic) bond motifs is 3. The number of phenols is 1. The van der Waals surface area contributed by atoms with Crippen LogP contribution in [0.2, 0.25) is 0 Å². The molecule has 2 N–H and O–H groups in total. The number of rotatable bonds is 1. The maximum Gasteiger partial charge on any atom is 0.352 e. The van der Waals surface area contributed by atoms with Crippen LogP contribution in [-0.4, -0.2) is 25.3 Å². The van der Waals surface area contributed by atoms with Gasteiger partial charge in [0.15, 0.2) is 0 Å². The fourth-order valence-electron chi connectivity index (χ4n) is 2.49. The summed E-state index contributed by atoms with van der Waals surface area (Å²) >= 11 is 0. The largest absolute Gasteiger partial charge is 0.508 e. The fourth-order valence-corrected chi connectivity index (χ4v) is 2.49. The molecule has 2 aromatic heterocycles. The van der Waals surface area contributed by atoms with Gasteiger partial charge < -0.3 is 19.3 Å². The predicted molar refractivity (Wildman–Crippen MR) is 68.0 cm³/mol. The van der Waals surface area contributed by atoms with Crippen LogP contribution < -0.4 is 0 Å². The number of nitrogens with zero attached hydrogens (tertiary/aromatic N) is 2. The predicted octanol–water partition coefficient (Wildman–Crippen LogP) is 2.07. The van der Waals surface area contributed by atoms with E-state index in [0.29, 0.717) is 0 Å². The summed E-state index contributed by atoms with van der Waals surface area (Å²) in [6, 6.07) is 6.73. The van der Waals surface area contributed by atoms with E-state index in [1.807, 2.05) is 11.6 Å². The lowest BCUT2D eigenvalue weighted by molar-refractivity contribution is 0.0687. The smallest absolute Gasteiger partial charge is 0.352 e. The van der Waals surface area contributed by atoms with Gasteiger partial charge in [0.05, 0.1) is 16.6 Å². The fraction of sp³-hybridized carbons (Fsp3) is 0.154. The molecule has 2 heterocycles. The van der Waals surface area contributed by atoms with Gasteiger partial charge in [-0.15, -0.1) is 0 Å². The van der Waals surface area contributed by atoms with Gasteiger partial charge in [0.1, 0.15) is 11.4 Å². The number of carbonyl (C=O) groups is 1. The zero-order valence-electron chi connectivity index (χ0n) is 10.0. The minimum atomic E-state index is -0.944. The first kappa shape index (κ1) is 10.7. The normalized spacial score (nSPS) is 11.4. The van der Waals surface area contributed by atoms with Gasteiger partial charge in [0.25, 0.3) is 0 Å². The Labute approximate surface area is 102 Å². The number of phenolic OH excluding ortho intramolecular Hbond substituents is 1. The molecule has 3 aromatic rings. The van der Waals surface area contributed by atoms with E-state index < -0.39 is 5.97 Å². The van der Waals surface area contributed by atoms with Crippen molar-refractivity contribution < 1.29 is 15.0 Å². The molecule has 0 amide bonds. The van der Waals surface area contributed by atoms with Gasteiger partial charge in [-0.25, -0.2) is 4.79 Å². The molecule has 1 aromatic carbocycles. The topological polar surface area (TPSA) is 67.4 Å². The molecule has 0 radical (unpaired) electrons. The third kappa shape index (κ3) is 1.18. The lowest BCUT2D eigenvalue weighted by Gasteiger charge is -2.00. The first-order valence-corrected chi connectivity index (χ1v) is 5.51. The molecule has 92 valence electrons. The quantitative estimate of drug-likeness (QED) is 0.688. The Morgan fingerprint density at radius 1 is 1.11 bits per heavy atom. The Bertz CT molecular complexity index is 796. The first-order chi connectivity index (χ1) is 8.50. The average molecular weight is 244 g/mol. The van der Waals surface area contributed by atoms with Crippen molar-refractivity contribution in [2.24, 2.45) is 14.1 Å². The highest BCUT2D eigenvalue weighted by atomic mass is 16.4. The summed E-state index contributed by atoms with van der Waals surface area (Å²) in [7, 11) is 3.59. The SMILES string of the molecule is Cn1c(C(=O)O)cc2c1c1ccc(O)cc1n2C. The van der Waals surface area contributed by atoms with E-state index in [2.05, 4.69) is 0 Å². The van der Waals surface area contributed by atoms with Crippen molar-refractivity contribution in [2.45, 2.75) is 0 Å². The van der Waals surface area contributed by atoms with E-state index in [-0.39, 0.29) is 11.4 Å². The number of aromatic nitrogens is 2. The van der Waals surface area contributed by atoms with E-state index in [9.17, 15) is 9.90 Å². The summed E-state index contributed by atoms with van der Waals surface area (Å²) in [6.45, 7) is 0.